The molecule has 10 heteroatoms. The van der Waals surface area contributed by atoms with Gasteiger partial charge < -0.3 is 25.4 Å². The van der Waals surface area contributed by atoms with Gasteiger partial charge in [0.1, 0.15) is 24.2 Å². The second-order valence-corrected chi connectivity index (χ2v) is 9.58. The third-order valence-corrected chi connectivity index (χ3v) is 6.60. The molecule has 3 amide bonds. The van der Waals surface area contributed by atoms with Crippen molar-refractivity contribution >= 4 is 17.7 Å². The number of rotatable bonds is 12. The van der Waals surface area contributed by atoms with E-state index < -0.39 is 29.2 Å². The molecule has 1 aliphatic rings. The Balaban J connectivity index is 1.31. The Bertz CT molecular complexity index is 1290. The lowest BCUT2D eigenvalue weighted by Gasteiger charge is -2.19. The van der Waals surface area contributed by atoms with Crippen molar-refractivity contribution in [3.63, 3.8) is 0 Å². The molecule has 0 radical (unpaired) electrons. The smallest absolute Gasteiger partial charge is 0.251 e. The van der Waals surface area contributed by atoms with Crippen LogP contribution >= 0.6 is 0 Å². The summed E-state index contributed by atoms with van der Waals surface area (Å²) >= 11 is 0. The van der Waals surface area contributed by atoms with Gasteiger partial charge in [-0.25, -0.2) is 4.39 Å². The molecule has 1 fully saturated rings. The number of hydrogen-bond donors (Lipinski definition) is 3. The fourth-order valence-electron chi connectivity index (χ4n) is 4.28. The largest absolute Gasteiger partial charge is 0.497 e. The molecule has 1 heterocycles. The van der Waals surface area contributed by atoms with Crippen LogP contribution in [0.1, 0.15) is 40.9 Å². The van der Waals surface area contributed by atoms with Crippen LogP contribution in [0.15, 0.2) is 72.9 Å². The number of methoxy groups -OCH3 is 1. The molecule has 204 valence electrons. The van der Waals surface area contributed by atoms with Gasteiger partial charge in [0.25, 0.3) is 5.91 Å². The Morgan fingerprint density at radius 1 is 1.08 bits per heavy atom. The third kappa shape index (κ3) is 7.61. The predicted molar refractivity (Wildman–Crippen MR) is 141 cm³/mol. The maximum absolute atomic E-state index is 13.3. The molecule has 2 aromatic carbocycles. The van der Waals surface area contributed by atoms with E-state index in [0.29, 0.717) is 5.69 Å². The van der Waals surface area contributed by atoms with Crippen LogP contribution in [0, 0.1) is 5.82 Å². The van der Waals surface area contributed by atoms with E-state index in [2.05, 4.69) is 20.9 Å². The maximum Gasteiger partial charge on any atom is 0.251 e. The molecule has 3 atom stereocenters. The van der Waals surface area contributed by atoms with E-state index in [1.54, 1.807) is 31.5 Å². The molecule has 1 saturated carbocycles. The van der Waals surface area contributed by atoms with E-state index >= 15 is 0 Å². The Hall–Kier alpha value is -4.31. The quantitative estimate of drug-likeness (QED) is 0.329. The predicted octanol–water partition coefficient (Wildman–Crippen LogP) is 2.72. The first-order chi connectivity index (χ1) is 18.8. The number of ether oxygens (including phenoxy) is 2. The van der Waals surface area contributed by atoms with Gasteiger partial charge in [0.15, 0.2) is 0 Å². The van der Waals surface area contributed by atoms with Crippen molar-refractivity contribution in [3.05, 3.63) is 95.6 Å². The Labute approximate surface area is 226 Å². The summed E-state index contributed by atoms with van der Waals surface area (Å²) in [4.78, 5) is 42.4. The summed E-state index contributed by atoms with van der Waals surface area (Å²) < 4.78 is 24.0. The maximum atomic E-state index is 13.3. The lowest BCUT2D eigenvalue weighted by Crippen LogP contribution is -2.49. The zero-order valence-corrected chi connectivity index (χ0v) is 21.8. The highest BCUT2D eigenvalue weighted by atomic mass is 19.1. The fraction of sp³-hybridized carbons (Fsp3) is 0.310. The summed E-state index contributed by atoms with van der Waals surface area (Å²) in [6, 6.07) is 16.9. The topological polar surface area (TPSA) is 119 Å². The number of pyridine rings is 1. The van der Waals surface area contributed by atoms with Gasteiger partial charge in [0.2, 0.25) is 11.8 Å². The van der Waals surface area contributed by atoms with E-state index in [0.717, 1.165) is 29.9 Å². The highest BCUT2D eigenvalue weighted by Crippen LogP contribution is 2.51. The van der Waals surface area contributed by atoms with E-state index in [1.165, 1.54) is 12.1 Å². The first kappa shape index (κ1) is 27.7. The number of hydrogen-bond acceptors (Lipinski definition) is 6. The van der Waals surface area contributed by atoms with Gasteiger partial charge >= 0.3 is 0 Å². The van der Waals surface area contributed by atoms with Crippen molar-refractivity contribution in [2.45, 2.75) is 37.4 Å². The molecule has 39 heavy (non-hydrogen) atoms. The first-order valence-corrected chi connectivity index (χ1v) is 12.5. The Morgan fingerprint density at radius 3 is 2.49 bits per heavy atom. The third-order valence-electron chi connectivity index (χ3n) is 6.60. The van der Waals surface area contributed by atoms with Gasteiger partial charge in [-0.05, 0) is 67.4 Å². The van der Waals surface area contributed by atoms with E-state index in [1.807, 2.05) is 31.2 Å². The van der Waals surface area contributed by atoms with Crippen LogP contribution in [0.25, 0.3) is 0 Å². The molecular formula is C29H31FN4O5. The lowest BCUT2D eigenvalue weighted by atomic mass is 10.1. The van der Waals surface area contributed by atoms with Crippen molar-refractivity contribution in [1.29, 1.82) is 0 Å². The highest BCUT2D eigenvalue weighted by Gasteiger charge is 2.51. The molecule has 3 aromatic rings. The van der Waals surface area contributed by atoms with Crippen molar-refractivity contribution in [1.82, 2.24) is 20.9 Å². The minimum absolute atomic E-state index is 0.147. The second-order valence-electron chi connectivity index (χ2n) is 9.58. The van der Waals surface area contributed by atoms with Crippen LogP contribution in [0.5, 0.6) is 5.75 Å². The Morgan fingerprint density at radius 2 is 1.82 bits per heavy atom. The summed E-state index contributed by atoms with van der Waals surface area (Å²) in [5.74, 6) is -0.953. The van der Waals surface area contributed by atoms with Crippen LogP contribution in [0.3, 0.4) is 0 Å². The van der Waals surface area contributed by atoms with Gasteiger partial charge in [-0.1, -0.05) is 18.2 Å². The summed E-state index contributed by atoms with van der Waals surface area (Å²) in [6.07, 6.45) is 2.40. The van der Waals surface area contributed by atoms with Crippen molar-refractivity contribution in [2.75, 3.05) is 20.3 Å². The average Bonchev–Trinajstić information content (AvgIpc) is 3.62. The molecule has 9 nitrogen and oxygen atoms in total. The minimum atomic E-state index is -1.09. The Kier molecular flexibility index (Phi) is 8.88. The standard InChI is InChI=1S/C29H31FN4O5/c1-29(15-24(29)19-8-12-23(38-2)13-9-19)34-26(35)18-39-17-25(28(37)32-16-22-5-3-4-14-31-22)33-27(36)20-6-10-21(30)11-7-20/h3-14,24-25H,15-18H2,1-2H3,(H,32,37)(H,33,36)(H,34,35). The number of halogens is 1. The van der Waals surface area contributed by atoms with Crippen molar-refractivity contribution in [2.24, 2.45) is 0 Å². The second kappa shape index (κ2) is 12.5. The van der Waals surface area contributed by atoms with Gasteiger partial charge in [-0.2, -0.15) is 0 Å². The molecule has 3 unspecified atom stereocenters. The van der Waals surface area contributed by atoms with E-state index in [4.69, 9.17) is 9.47 Å². The molecule has 0 aliphatic heterocycles. The molecule has 3 N–H and O–H groups in total. The number of benzene rings is 2. The van der Waals surface area contributed by atoms with Gasteiger partial charge in [-0.3, -0.25) is 19.4 Å². The fourth-order valence-corrected chi connectivity index (χ4v) is 4.28. The molecule has 4 rings (SSSR count). The molecule has 1 aromatic heterocycles. The average molecular weight is 535 g/mol. The molecule has 0 saturated heterocycles. The molecule has 0 spiro atoms. The van der Waals surface area contributed by atoms with Gasteiger partial charge in [0, 0.05) is 23.2 Å². The van der Waals surface area contributed by atoms with E-state index in [9.17, 15) is 18.8 Å². The minimum Gasteiger partial charge on any atom is -0.497 e. The van der Waals surface area contributed by atoms with Crippen LogP contribution in [0.4, 0.5) is 4.39 Å². The zero-order valence-electron chi connectivity index (χ0n) is 21.8. The van der Waals surface area contributed by atoms with Gasteiger partial charge in [-0.15, -0.1) is 0 Å². The summed E-state index contributed by atoms with van der Waals surface area (Å²) in [7, 11) is 1.61. The normalized spacial score (nSPS) is 18.5. The van der Waals surface area contributed by atoms with Crippen molar-refractivity contribution in [3.8, 4) is 5.75 Å². The monoisotopic (exact) mass is 534 g/mol. The van der Waals surface area contributed by atoms with Crippen molar-refractivity contribution < 1.29 is 28.2 Å². The zero-order chi connectivity index (χ0) is 27.8. The van der Waals surface area contributed by atoms with Crippen LogP contribution in [-0.2, 0) is 20.9 Å². The summed E-state index contributed by atoms with van der Waals surface area (Å²) in [6.45, 7) is 1.58. The SMILES string of the molecule is COc1ccc(C2CC2(C)NC(=O)COCC(NC(=O)c2ccc(F)cc2)C(=O)NCc2ccccn2)cc1. The van der Waals surface area contributed by atoms with Gasteiger partial charge in [0.05, 0.1) is 26.0 Å². The molecular weight excluding hydrogens is 503 g/mol. The number of carbonyl (C=O) groups is 3. The highest BCUT2D eigenvalue weighted by molar-refractivity contribution is 5.97. The summed E-state index contributed by atoms with van der Waals surface area (Å²) in [5.41, 5.74) is 1.53. The number of amides is 3. The summed E-state index contributed by atoms with van der Waals surface area (Å²) in [5, 5.41) is 8.32. The number of carbonyl (C=O) groups excluding carboxylic acids is 3. The number of nitrogens with one attached hydrogen (secondary N) is 3. The van der Waals surface area contributed by atoms with E-state index in [-0.39, 0.29) is 37.1 Å². The number of aromatic nitrogens is 1. The lowest BCUT2D eigenvalue weighted by molar-refractivity contribution is -0.130. The molecule has 0 bridgehead atoms. The number of nitrogens with zero attached hydrogens (tertiary/aromatic N) is 1. The first-order valence-electron chi connectivity index (χ1n) is 12.5. The molecule has 1 aliphatic carbocycles. The van der Waals surface area contributed by atoms with Crippen LogP contribution in [0.2, 0.25) is 0 Å². The van der Waals surface area contributed by atoms with Crippen LogP contribution in [-0.4, -0.2) is 54.6 Å². The van der Waals surface area contributed by atoms with Crippen LogP contribution < -0.4 is 20.7 Å².